The Bertz CT molecular complexity index is 1180. The van der Waals surface area contributed by atoms with Gasteiger partial charge in [-0.1, -0.05) is 12.1 Å². The van der Waals surface area contributed by atoms with Crippen LogP contribution in [0.25, 0.3) is 11.1 Å². The average molecular weight is 432 g/mol. The molecule has 2 aliphatic heterocycles. The molecule has 0 unspecified atom stereocenters. The first-order valence-electron chi connectivity index (χ1n) is 10.6. The van der Waals surface area contributed by atoms with Crippen LogP contribution in [0.4, 0.5) is 5.69 Å². The van der Waals surface area contributed by atoms with Crippen molar-refractivity contribution in [1.82, 2.24) is 14.8 Å². The molecule has 0 aliphatic carbocycles. The van der Waals surface area contributed by atoms with Crippen molar-refractivity contribution in [1.29, 1.82) is 0 Å². The van der Waals surface area contributed by atoms with Crippen LogP contribution in [0, 0.1) is 0 Å². The quantitative estimate of drug-likeness (QED) is 0.592. The van der Waals surface area contributed by atoms with E-state index in [0.29, 0.717) is 25.5 Å². The van der Waals surface area contributed by atoms with Crippen molar-refractivity contribution in [2.24, 2.45) is 7.05 Å². The van der Waals surface area contributed by atoms with Gasteiger partial charge in [0.25, 0.3) is 5.91 Å². The van der Waals surface area contributed by atoms with Gasteiger partial charge in [-0.05, 0) is 48.2 Å². The number of carbonyl (C=O) groups excluding carboxylic acids is 2. The number of aryl methyl sites for hydroxylation is 1. The highest BCUT2D eigenvalue weighted by Gasteiger charge is 2.46. The molecule has 0 atom stereocenters. The maximum absolute atomic E-state index is 13.4. The summed E-state index contributed by atoms with van der Waals surface area (Å²) in [6.45, 7) is 1.97. The number of methoxy groups -OCH3 is 1. The second kappa shape index (κ2) is 7.87. The lowest BCUT2D eigenvalue weighted by Crippen LogP contribution is -2.41. The highest BCUT2D eigenvalue weighted by atomic mass is 16.5. The Morgan fingerprint density at radius 3 is 2.53 bits per heavy atom. The smallest absolute Gasteiger partial charge is 0.356 e. The van der Waals surface area contributed by atoms with Crippen molar-refractivity contribution in [3.8, 4) is 11.1 Å². The SMILES string of the molecule is COC(=O)c1ccc(-c2ccc3c(c2)C2(CCOCC2)CN3C(=O)c2ccnn2C)cn1. The summed E-state index contributed by atoms with van der Waals surface area (Å²) in [5.41, 5.74) is 4.68. The van der Waals surface area contributed by atoms with Gasteiger partial charge < -0.3 is 14.4 Å². The number of amides is 1. The number of benzene rings is 1. The Hall–Kier alpha value is -3.52. The highest BCUT2D eigenvalue weighted by Crippen LogP contribution is 2.48. The number of esters is 1. The molecule has 1 fully saturated rings. The van der Waals surface area contributed by atoms with E-state index in [1.165, 1.54) is 7.11 Å². The van der Waals surface area contributed by atoms with Gasteiger partial charge in [0.2, 0.25) is 0 Å². The van der Waals surface area contributed by atoms with Crippen molar-refractivity contribution < 1.29 is 19.1 Å². The Kier molecular flexibility index (Phi) is 5.01. The Morgan fingerprint density at radius 2 is 1.88 bits per heavy atom. The van der Waals surface area contributed by atoms with E-state index < -0.39 is 5.97 Å². The molecule has 0 radical (unpaired) electrons. The first-order chi connectivity index (χ1) is 15.5. The van der Waals surface area contributed by atoms with Gasteiger partial charge in [-0.15, -0.1) is 0 Å². The molecule has 2 aliphatic rings. The normalized spacial score (nSPS) is 16.8. The van der Waals surface area contributed by atoms with Gasteiger partial charge in [0.05, 0.1) is 7.11 Å². The fourth-order valence-electron chi connectivity index (χ4n) is 4.73. The predicted molar refractivity (Wildman–Crippen MR) is 118 cm³/mol. The second-order valence-electron chi connectivity index (χ2n) is 8.28. The monoisotopic (exact) mass is 432 g/mol. The van der Waals surface area contributed by atoms with E-state index in [0.717, 1.165) is 35.2 Å². The van der Waals surface area contributed by atoms with Crippen molar-refractivity contribution >= 4 is 17.6 Å². The highest BCUT2D eigenvalue weighted by molar-refractivity contribution is 6.07. The summed E-state index contributed by atoms with van der Waals surface area (Å²) in [6.07, 6.45) is 5.04. The van der Waals surface area contributed by atoms with E-state index in [1.807, 2.05) is 23.1 Å². The van der Waals surface area contributed by atoms with E-state index in [4.69, 9.17) is 9.47 Å². The van der Waals surface area contributed by atoms with Gasteiger partial charge in [0.15, 0.2) is 0 Å². The number of carbonyl (C=O) groups is 2. The van der Waals surface area contributed by atoms with Gasteiger partial charge in [0, 0.05) is 55.9 Å². The number of ether oxygens (including phenoxy) is 2. The molecule has 8 heteroatoms. The molecule has 164 valence electrons. The fraction of sp³-hybridized carbons (Fsp3) is 0.333. The molecule has 1 aromatic carbocycles. The van der Waals surface area contributed by atoms with Crippen LogP contribution < -0.4 is 4.90 Å². The largest absolute Gasteiger partial charge is 0.464 e. The number of nitrogens with zero attached hydrogens (tertiary/aromatic N) is 4. The average Bonchev–Trinajstić information content (AvgIpc) is 3.40. The third kappa shape index (κ3) is 3.27. The summed E-state index contributed by atoms with van der Waals surface area (Å²) in [5.74, 6) is -0.512. The Labute approximate surface area is 185 Å². The van der Waals surface area contributed by atoms with Crippen molar-refractivity contribution in [3.63, 3.8) is 0 Å². The molecular formula is C24H24N4O4. The molecule has 8 nitrogen and oxygen atoms in total. The molecular weight excluding hydrogens is 408 g/mol. The zero-order valence-corrected chi connectivity index (χ0v) is 18.1. The fourth-order valence-corrected chi connectivity index (χ4v) is 4.73. The zero-order chi connectivity index (χ0) is 22.3. The van der Waals surface area contributed by atoms with E-state index in [9.17, 15) is 9.59 Å². The third-order valence-corrected chi connectivity index (χ3v) is 6.55. The lowest BCUT2D eigenvalue weighted by atomic mass is 9.75. The molecule has 3 aromatic rings. The molecule has 1 spiro atoms. The predicted octanol–water partition coefficient (Wildman–Crippen LogP) is 2.98. The first-order valence-corrected chi connectivity index (χ1v) is 10.6. The Balaban J connectivity index is 1.55. The third-order valence-electron chi connectivity index (χ3n) is 6.55. The van der Waals surface area contributed by atoms with E-state index >= 15 is 0 Å². The molecule has 0 N–H and O–H groups in total. The maximum atomic E-state index is 13.4. The number of pyridine rings is 1. The molecule has 5 rings (SSSR count). The minimum absolute atomic E-state index is 0.0496. The van der Waals surface area contributed by atoms with Crippen LogP contribution in [0.1, 0.15) is 39.4 Å². The number of hydrogen-bond donors (Lipinski definition) is 0. The van der Waals surface area contributed by atoms with E-state index in [2.05, 4.69) is 16.1 Å². The molecule has 0 saturated carbocycles. The number of rotatable bonds is 3. The van der Waals surface area contributed by atoms with Crippen LogP contribution >= 0.6 is 0 Å². The Morgan fingerprint density at radius 1 is 1.09 bits per heavy atom. The molecule has 0 bridgehead atoms. The summed E-state index contributed by atoms with van der Waals surface area (Å²) >= 11 is 0. The minimum atomic E-state index is -0.462. The van der Waals surface area contributed by atoms with Crippen molar-refractivity contribution in [2.45, 2.75) is 18.3 Å². The standard InChI is InChI=1S/C24H24N4O4/c1-27-21(7-10-26-27)22(29)28-15-24(8-11-32-12-9-24)18-13-16(4-6-20(18)28)17-3-5-19(25-14-17)23(30)31-2/h3-7,10,13-14H,8-9,11-12,15H2,1-2H3. The van der Waals surface area contributed by atoms with Crippen LogP contribution in [-0.2, 0) is 21.9 Å². The lowest BCUT2D eigenvalue weighted by molar-refractivity contribution is 0.0546. The minimum Gasteiger partial charge on any atom is -0.464 e. The van der Waals surface area contributed by atoms with Crippen LogP contribution in [0.15, 0.2) is 48.8 Å². The molecule has 4 heterocycles. The van der Waals surface area contributed by atoms with Crippen LogP contribution in [0.2, 0.25) is 0 Å². The molecule has 1 saturated heterocycles. The van der Waals surface area contributed by atoms with Crippen LogP contribution in [-0.4, -0.2) is 53.5 Å². The van der Waals surface area contributed by atoms with Crippen molar-refractivity contribution in [2.75, 3.05) is 31.8 Å². The maximum Gasteiger partial charge on any atom is 0.356 e. The van der Waals surface area contributed by atoms with Gasteiger partial charge in [-0.3, -0.25) is 9.48 Å². The molecule has 1 amide bonds. The van der Waals surface area contributed by atoms with Crippen LogP contribution in [0.5, 0.6) is 0 Å². The summed E-state index contributed by atoms with van der Waals surface area (Å²) in [7, 11) is 3.12. The molecule has 2 aromatic heterocycles. The van der Waals surface area contributed by atoms with Gasteiger partial charge in [0.1, 0.15) is 11.4 Å². The van der Waals surface area contributed by atoms with Gasteiger partial charge in [-0.25, -0.2) is 9.78 Å². The first kappa shape index (κ1) is 20.4. The number of fused-ring (bicyclic) bond motifs is 2. The van der Waals surface area contributed by atoms with Crippen LogP contribution in [0.3, 0.4) is 0 Å². The number of hydrogen-bond acceptors (Lipinski definition) is 6. The zero-order valence-electron chi connectivity index (χ0n) is 18.1. The summed E-state index contributed by atoms with van der Waals surface area (Å²) in [4.78, 5) is 31.2. The van der Waals surface area contributed by atoms with E-state index in [-0.39, 0.29) is 17.0 Å². The summed E-state index contributed by atoms with van der Waals surface area (Å²) < 4.78 is 12.0. The summed E-state index contributed by atoms with van der Waals surface area (Å²) in [5, 5.41) is 4.16. The van der Waals surface area contributed by atoms with Gasteiger partial charge >= 0.3 is 5.97 Å². The van der Waals surface area contributed by atoms with E-state index in [1.54, 1.807) is 36.3 Å². The summed E-state index contributed by atoms with van der Waals surface area (Å²) in [6, 6.07) is 11.4. The van der Waals surface area contributed by atoms with Gasteiger partial charge in [-0.2, -0.15) is 5.10 Å². The second-order valence-corrected chi connectivity index (χ2v) is 8.28. The molecule has 32 heavy (non-hydrogen) atoms. The topological polar surface area (TPSA) is 86.5 Å². The number of aromatic nitrogens is 3. The lowest BCUT2D eigenvalue weighted by Gasteiger charge is -2.34. The van der Waals surface area contributed by atoms with Crippen molar-refractivity contribution in [3.05, 3.63) is 65.7 Å². The number of anilines is 1.